The first-order valence-electron chi connectivity index (χ1n) is 39.6. The van der Waals surface area contributed by atoms with Gasteiger partial charge in [0.25, 0.3) is 0 Å². The quantitative estimate of drug-likeness (QED) is 0.0444. The first-order chi connectivity index (χ1) is 53.3. The Labute approximate surface area is 662 Å². The molecule has 0 aromatic carbocycles. The van der Waals surface area contributed by atoms with Crippen LogP contribution in [0, 0.1) is 0 Å². The smallest absolute Gasteiger partial charge is 0.335 e. The minimum absolute atomic E-state index is 0.369. The van der Waals surface area contributed by atoms with Gasteiger partial charge in [0.2, 0.25) is 0 Å². The molecule has 0 rings (SSSR count). The third-order valence-corrected chi connectivity index (χ3v) is 34.1. The Bertz CT molecular complexity index is 1470. The molecule has 0 spiro atoms. The van der Waals surface area contributed by atoms with Crippen LogP contribution in [-0.2, 0) is 149 Å². The predicted molar refractivity (Wildman–Crippen MR) is 425 cm³/mol. The van der Waals surface area contributed by atoms with Crippen molar-refractivity contribution in [2.75, 3.05) is 374 Å². The number of methoxy groups -OCH3 is 8. The summed E-state index contributed by atoms with van der Waals surface area (Å²) in [5, 5.41) is 0. The summed E-state index contributed by atoms with van der Waals surface area (Å²) in [6.07, 6.45) is 3.50. The zero-order valence-electron chi connectivity index (χ0n) is 70.0. The molecule has 0 aromatic rings. The molecule has 32 nitrogen and oxygen atoms in total. The van der Waals surface area contributed by atoms with E-state index in [-0.39, 0.29) is 0 Å². The average Bonchev–Trinajstić information content (AvgIpc) is 0.845. The molecule has 37 heteroatoms. The van der Waals surface area contributed by atoms with E-state index in [9.17, 15) is 0 Å². The molecular weight excluding hydrogens is 1520 g/mol. The predicted octanol–water partition coefficient (Wildman–Crippen LogP) is 6.85. The van der Waals surface area contributed by atoms with E-state index in [1.54, 1.807) is 56.9 Å². The molecule has 0 aliphatic carbocycles. The lowest BCUT2D eigenvalue weighted by Crippen LogP contribution is -2.44. The highest BCUT2D eigenvalue weighted by molar-refractivity contribution is 6.80. The zero-order valence-corrected chi connectivity index (χ0v) is 75.0. The van der Waals surface area contributed by atoms with Crippen LogP contribution in [0.1, 0.15) is 25.7 Å². The van der Waals surface area contributed by atoms with Gasteiger partial charge >= 0.3 is 34.2 Å². The zero-order chi connectivity index (χ0) is 79.6. The Morgan fingerprint density at radius 2 is 0.229 bits per heavy atom. The summed E-state index contributed by atoms with van der Waals surface area (Å²) in [6.45, 7) is 30.0. The summed E-state index contributed by atoms with van der Waals surface area (Å²) in [4.78, 5) is 0. The molecule has 0 unspecified atom stereocenters. The van der Waals surface area contributed by atoms with Crippen molar-refractivity contribution in [1.82, 2.24) is 0 Å². The lowest BCUT2D eigenvalue weighted by Gasteiger charge is -2.37. The van der Waals surface area contributed by atoms with E-state index in [2.05, 4.69) is 26.2 Å². The van der Waals surface area contributed by atoms with E-state index in [1.165, 1.54) is 0 Å². The highest BCUT2D eigenvalue weighted by Gasteiger charge is 2.41. The van der Waals surface area contributed by atoms with Gasteiger partial charge in [-0.1, -0.05) is 49.9 Å². The molecule has 0 amide bonds. The van der Waals surface area contributed by atoms with Crippen molar-refractivity contribution in [3.05, 3.63) is 0 Å². The van der Waals surface area contributed by atoms with Crippen LogP contribution in [0.15, 0.2) is 0 Å². The minimum atomic E-state index is -2.89. The molecule has 109 heavy (non-hydrogen) atoms. The third kappa shape index (κ3) is 73.9. The molecule has 0 bridgehead atoms. The molecule has 0 saturated carbocycles. The maximum Gasteiger partial charge on any atom is 0.335 e. The summed E-state index contributed by atoms with van der Waals surface area (Å²) >= 11 is 0. The van der Waals surface area contributed by atoms with E-state index < -0.39 is 42.3 Å². The summed E-state index contributed by atoms with van der Waals surface area (Å²) in [7, 11) is -0.752. The second-order valence-corrected chi connectivity index (χ2v) is 44.4. The normalized spacial score (nSPS) is 12.7. The molecule has 0 aromatic heterocycles. The van der Waals surface area contributed by atoms with Gasteiger partial charge in [-0.2, -0.15) is 0 Å². The summed E-state index contributed by atoms with van der Waals surface area (Å²) in [5.74, 6) is 0. The fraction of sp³-hybridized carbons (Fsp3) is 1.00. The van der Waals surface area contributed by atoms with Gasteiger partial charge in [-0.05, 0) is 50.4 Å². The fourth-order valence-electron chi connectivity index (χ4n) is 10.9. The van der Waals surface area contributed by atoms with Crippen LogP contribution in [0.3, 0.4) is 0 Å². The first kappa shape index (κ1) is 109. The molecule has 0 radical (unpaired) electrons. The van der Waals surface area contributed by atoms with Gasteiger partial charge in [0.05, 0.1) is 325 Å². The Kier molecular flexibility index (Phi) is 82.7. The molecule has 0 atom stereocenters. The Morgan fingerprint density at radius 1 is 0.128 bits per heavy atom. The van der Waals surface area contributed by atoms with Gasteiger partial charge < -0.3 is 149 Å². The van der Waals surface area contributed by atoms with Crippen LogP contribution in [0.2, 0.25) is 74.5 Å². The fourth-order valence-corrected chi connectivity index (χ4v) is 26.4. The van der Waals surface area contributed by atoms with Crippen molar-refractivity contribution in [3.8, 4) is 0 Å². The van der Waals surface area contributed by atoms with Crippen LogP contribution in [0.5, 0.6) is 0 Å². The Morgan fingerprint density at radius 3 is 0.339 bits per heavy atom. The summed E-state index contributed by atoms with van der Waals surface area (Å²) < 4.78 is 190. The van der Waals surface area contributed by atoms with Crippen LogP contribution < -0.4 is 0 Å². The van der Waals surface area contributed by atoms with Gasteiger partial charge in [-0.3, -0.25) is 0 Å². The Balaban J connectivity index is 7.84. The van der Waals surface area contributed by atoms with Crippen molar-refractivity contribution in [2.24, 2.45) is 0 Å². The lowest BCUT2D eigenvalue weighted by atomic mass is 10.5. The Hall–Kier alpha value is -0.196. The van der Waals surface area contributed by atoms with Crippen LogP contribution in [-0.4, -0.2) is 416 Å². The standard InChI is InChI=1S/C72H156O32Si5/c1-73-17-25-81-33-41-89-49-57-97-105(9,98-58-50-90-42-34-82-26-18-74-2)65-13-69-109(70-14-66-106(10,99-59-51-91-43-35-83-27-19-75-3)100-60-52-92-44-36-84-28-20-76-4,71-15-67-107(11,101-61-53-93-45-37-85-29-21-77-5)102-62-54-94-46-38-86-30-22-78-6)72-16-68-108(12,103-63-55-95-47-39-87-31-23-79-7)104-64-56-96-48-40-88-32-24-80-8/h13-72H2,1-12H3. The van der Waals surface area contributed by atoms with Crippen LogP contribution in [0.25, 0.3) is 0 Å². The van der Waals surface area contributed by atoms with Gasteiger partial charge in [0, 0.05) is 56.9 Å². The van der Waals surface area contributed by atoms with Crippen molar-refractivity contribution in [2.45, 2.75) is 100 Å². The summed E-state index contributed by atoms with van der Waals surface area (Å²) in [6, 6.07) is 6.97. The topological polar surface area (TPSA) is 295 Å². The average molecular weight is 1670 g/mol. The van der Waals surface area contributed by atoms with Crippen molar-refractivity contribution < 1.29 is 149 Å². The summed E-state index contributed by atoms with van der Waals surface area (Å²) in [5.41, 5.74) is 0. The molecule has 0 aliphatic rings. The van der Waals surface area contributed by atoms with Gasteiger partial charge in [-0.25, -0.2) is 0 Å². The van der Waals surface area contributed by atoms with E-state index >= 15 is 0 Å². The lowest BCUT2D eigenvalue weighted by molar-refractivity contribution is 0.00730. The monoisotopic (exact) mass is 1670 g/mol. The molecule has 0 heterocycles. The number of hydrogen-bond donors (Lipinski definition) is 0. The molecule has 0 fully saturated rings. The molecule has 0 aliphatic heterocycles. The highest BCUT2D eigenvalue weighted by Crippen LogP contribution is 2.38. The van der Waals surface area contributed by atoms with Gasteiger partial charge in [0.1, 0.15) is 0 Å². The third-order valence-electron chi connectivity index (χ3n) is 16.9. The number of hydrogen-bond acceptors (Lipinski definition) is 32. The second-order valence-electron chi connectivity index (χ2n) is 26.0. The maximum atomic E-state index is 6.88. The molecular formula is C72H156O32Si5. The van der Waals surface area contributed by atoms with Crippen LogP contribution in [0.4, 0.5) is 0 Å². The van der Waals surface area contributed by atoms with E-state index in [1.807, 2.05) is 0 Å². The van der Waals surface area contributed by atoms with Crippen LogP contribution >= 0.6 is 0 Å². The minimum Gasteiger partial charge on any atom is -0.392 e. The second kappa shape index (κ2) is 82.9. The molecule has 656 valence electrons. The largest absolute Gasteiger partial charge is 0.392 e. The highest BCUT2D eigenvalue weighted by atomic mass is 28.4. The van der Waals surface area contributed by atoms with E-state index in [0.717, 1.165) is 74.0 Å². The number of rotatable bonds is 96. The maximum absolute atomic E-state index is 6.88. The van der Waals surface area contributed by atoms with Crippen molar-refractivity contribution in [1.29, 1.82) is 0 Å². The van der Waals surface area contributed by atoms with E-state index in [0.29, 0.717) is 317 Å². The van der Waals surface area contributed by atoms with Gasteiger partial charge in [-0.15, -0.1) is 0 Å². The van der Waals surface area contributed by atoms with Crippen molar-refractivity contribution >= 4 is 42.3 Å². The van der Waals surface area contributed by atoms with Crippen molar-refractivity contribution in [3.63, 3.8) is 0 Å². The first-order valence-corrected chi connectivity index (χ1v) is 52.5. The SMILES string of the molecule is COCCOCCOCCO[Si](C)(CCC[Si](CCC[Si](C)(OCCOCCOCCOC)OCCOCCOCCOC)(CCC[Si](C)(OCCOCCOCCOC)OCCOCCOCCOC)CCC[Si](C)(OCCOCCOCCOC)OCCOCCOCCOC)OCCOCCOCCOC. The number of ether oxygens (including phenoxy) is 24. The van der Waals surface area contributed by atoms with E-state index in [4.69, 9.17) is 149 Å². The molecule has 0 N–H and O–H groups in total. The molecule has 0 saturated heterocycles. The van der Waals surface area contributed by atoms with Gasteiger partial charge in [0.15, 0.2) is 0 Å².